The Labute approximate surface area is 145 Å². The molecular formula is C16H22N4OS2. The monoisotopic (exact) mass is 350 g/mol. The van der Waals surface area contributed by atoms with Gasteiger partial charge in [-0.25, -0.2) is 0 Å². The molecule has 0 unspecified atom stereocenters. The lowest BCUT2D eigenvalue weighted by molar-refractivity contribution is -0.116. The van der Waals surface area contributed by atoms with E-state index in [-0.39, 0.29) is 17.1 Å². The maximum absolute atomic E-state index is 12.5. The van der Waals surface area contributed by atoms with Crippen molar-refractivity contribution in [2.75, 3.05) is 11.1 Å². The van der Waals surface area contributed by atoms with Crippen molar-refractivity contribution in [1.29, 1.82) is 0 Å². The zero-order valence-corrected chi connectivity index (χ0v) is 15.4. The number of benzene rings is 1. The van der Waals surface area contributed by atoms with Crippen LogP contribution in [0.1, 0.15) is 26.6 Å². The molecule has 0 aliphatic heterocycles. The van der Waals surface area contributed by atoms with E-state index in [9.17, 15) is 4.79 Å². The topological polar surface area (TPSA) is 62.7 Å². The third-order valence-corrected chi connectivity index (χ3v) is 5.15. The van der Waals surface area contributed by atoms with Crippen LogP contribution in [0.2, 0.25) is 0 Å². The van der Waals surface area contributed by atoms with Crippen LogP contribution < -0.4 is 5.32 Å². The molecule has 0 radical (unpaired) electrons. The summed E-state index contributed by atoms with van der Waals surface area (Å²) >= 11 is 6.92. The molecule has 1 aromatic carbocycles. The van der Waals surface area contributed by atoms with E-state index in [1.807, 2.05) is 35.8 Å². The molecule has 1 aromatic heterocycles. The number of aromatic amines is 1. The Balaban J connectivity index is 2.24. The Bertz CT molecular complexity index is 736. The number of carbonyl (C=O) groups excluding carboxylic acids is 1. The van der Waals surface area contributed by atoms with Crippen molar-refractivity contribution < 1.29 is 4.79 Å². The van der Waals surface area contributed by atoms with E-state index >= 15 is 0 Å². The summed E-state index contributed by atoms with van der Waals surface area (Å²) in [5, 5.41) is 9.84. The van der Waals surface area contributed by atoms with Crippen LogP contribution in [-0.4, -0.2) is 31.7 Å². The molecule has 1 amide bonds. The molecule has 23 heavy (non-hydrogen) atoms. The molecule has 0 aliphatic rings. The average molecular weight is 351 g/mol. The van der Waals surface area contributed by atoms with Crippen molar-refractivity contribution in [3.8, 4) is 5.69 Å². The number of hydrogen-bond acceptors (Lipinski definition) is 4. The molecule has 1 heterocycles. The van der Waals surface area contributed by atoms with E-state index in [4.69, 9.17) is 12.2 Å². The Kier molecular flexibility index (Phi) is 6.01. The van der Waals surface area contributed by atoms with Gasteiger partial charge in [-0.1, -0.05) is 26.8 Å². The first kappa shape index (κ1) is 17.7. The van der Waals surface area contributed by atoms with E-state index in [2.05, 4.69) is 36.3 Å². The van der Waals surface area contributed by atoms with Gasteiger partial charge in [0.1, 0.15) is 5.82 Å². The Morgan fingerprint density at radius 2 is 2.22 bits per heavy atom. The number of rotatable bonds is 6. The van der Waals surface area contributed by atoms with Crippen LogP contribution in [0.25, 0.3) is 5.69 Å². The molecule has 0 bridgehead atoms. The zero-order valence-electron chi connectivity index (χ0n) is 13.8. The van der Waals surface area contributed by atoms with Crippen molar-refractivity contribution in [1.82, 2.24) is 14.8 Å². The van der Waals surface area contributed by atoms with Crippen molar-refractivity contribution in [2.24, 2.45) is 5.92 Å². The van der Waals surface area contributed by atoms with Gasteiger partial charge in [0.05, 0.1) is 10.9 Å². The highest BCUT2D eigenvalue weighted by Crippen LogP contribution is 2.22. The van der Waals surface area contributed by atoms with E-state index in [1.165, 1.54) is 0 Å². The first-order valence-electron chi connectivity index (χ1n) is 7.61. The van der Waals surface area contributed by atoms with Crippen molar-refractivity contribution >= 4 is 35.6 Å². The van der Waals surface area contributed by atoms with E-state index < -0.39 is 0 Å². The van der Waals surface area contributed by atoms with Gasteiger partial charge >= 0.3 is 0 Å². The summed E-state index contributed by atoms with van der Waals surface area (Å²) in [5.74, 6) is 2.02. The molecule has 7 heteroatoms. The number of aromatic nitrogens is 3. The molecule has 0 saturated carbocycles. The number of amides is 1. The molecule has 1 atom stereocenters. The highest BCUT2D eigenvalue weighted by Gasteiger charge is 2.22. The van der Waals surface area contributed by atoms with Gasteiger partial charge in [-0.3, -0.25) is 14.5 Å². The van der Waals surface area contributed by atoms with Gasteiger partial charge in [-0.2, -0.15) is 5.10 Å². The number of nitrogens with zero attached hydrogens (tertiary/aromatic N) is 2. The largest absolute Gasteiger partial charge is 0.325 e. The lowest BCUT2D eigenvalue weighted by Gasteiger charge is -2.19. The quantitative estimate of drug-likeness (QED) is 0.774. The first-order chi connectivity index (χ1) is 10.9. The van der Waals surface area contributed by atoms with Gasteiger partial charge < -0.3 is 5.32 Å². The lowest BCUT2D eigenvalue weighted by Crippen LogP contribution is -2.29. The number of carbonyl (C=O) groups is 1. The Hall–Kier alpha value is -1.60. The standard InChI is InChI=1S/C16H22N4OS2/c1-5-23-14(10(2)3)15(21)17-12-7-6-8-13(9-12)20-11(4)18-19-16(20)22/h6-10,14H,5H2,1-4H3,(H,17,21)(H,19,22)/t14-/m0/s1. The molecule has 2 aromatic rings. The van der Waals surface area contributed by atoms with Gasteiger partial charge in [-0.15, -0.1) is 11.8 Å². The summed E-state index contributed by atoms with van der Waals surface area (Å²) in [6.45, 7) is 8.08. The predicted octanol–water partition coefficient (Wildman–Crippen LogP) is 3.95. The number of hydrogen-bond donors (Lipinski definition) is 2. The average Bonchev–Trinajstić information content (AvgIpc) is 2.83. The molecule has 124 valence electrons. The fourth-order valence-electron chi connectivity index (χ4n) is 2.37. The van der Waals surface area contributed by atoms with Crippen LogP contribution >= 0.6 is 24.0 Å². The van der Waals surface area contributed by atoms with Crippen LogP contribution in [0.3, 0.4) is 0 Å². The van der Waals surface area contributed by atoms with Gasteiger partial charge in [0.2, 0.25) is 5.91 Å². The van der Waals surface area contributed by atoms with Crippen LogP contribution in [0.5, 0.6) is 0 Å². The molecular weight excluding hydrogens is 328 g/mol. The van der Waals surface area contributed by atoms with E-state index in [1.54, 1.807) is 11.8 Å². The zero-order chi connectivity index (χ0) is 17.0. The summed E-state index contributed by atoms with van der Waals surface area (Å²) in [5.41, 5.74) is 1.64. The normalized spacial score (nSPS) is 12.4. The Morgan fingerprint density at radius 3 is 2.78 bits per heavy atom. The molecule has 0 aliphatic carbocycles. The minimum Gasteiger partial charge on any atom is -0.325 e. The predicted molar refractivity (Wildman–Crippen MR) is 98.9 cm³/mol. The summed E-state index contributed by atoms with van der Waals surface area (Å²) in [7, 11) is 0. The number of anilines is 1. The second-order valence-electron chi connectivity index (χ2n) is 5.57. The number of thioether (sulfide) groups is 1. The van der Waals surface area contributed by atoms with Crippen molar-refractivity contribution in [2.45, 2.75) is 32.9 Å². The van der Waals surface area contributed by atoms with Crippen molar-refractivity contribution in [3.05, 3.63) is 34.9 Å². The van der Waals surface area contributed by atoms with Gasteiger partial charge in [0, 0.05) is 5.69 Å². The number of nitrogens with one attached hydrogen (secondary N) is 2. The molecule has 0 spiro atoms. The number of H-pyrrole nitrogens is 1. The smallest absolute Gasteiger partial charge is 0.237 e. The summed E-state index contributed by atoms with van der Waals surface area (Å²) < 4.78 is 2.37. The SMILES string of the molecule is CCS[C@H](C(=O)Nc1cccc(-n2c(C)n[nH]c2=S)c1)C(C)C. The fourth-order valence-corrected chi connectivity index (χ4v) is 3.60. The van der Waals surface area contributed by atoms with E-state index in [0.29, 0.717) is 4.77 Å². The van der Waals surface area contributed by atoms with Crippen LogP contribution in [0.15, 0.2) is 24.3 Å². The molecule has 2 rings (SSSR count). The van der Waals surface area contributed by atoms with Crippen LogP contribution in [0, 0.1) is 17.6 Å². The molecule has 0 saturated heterocycles. The second-order valence-corrected chi connectivity index (χ2v) is 7.38. The van der Waals surface area contributed by atoms with Crippen LogP contribution in [-0.2, 0) is 4.79 Å². The minimum absolute atomic E-state index is 0.0384. The van der Waals surface area contributed by atoms with Gasteiger partial charge in [0.25, 0.3) is 0 Å². The lowest BCUT2D eigenvalue weighted by atomic mass is 10.1. The molecule has 5 nitrogen and oxygen atoms in total. The summed E-state index contributed by atoms with van der Waals surface area (Å²) in [6, 6.07) is 7.63. The fraction of sp³-hybridized carbons (Fsp3) is 0.438. The second kappa shape index (κ2) is 7.79. The highest BCUT2D eigenvalue weighted by atomic mass is 32.2. The van der Waals surface area contributed by atoms with Gasteiger partial charge in [0.15, 0.2) is 4.77 Å². The molecule has 0 fully saturated rings. The summed E-state index contributed by atoms with van der Waals surface area (Å²) in [6.07, 6.45) is 0. The minimum atomic E-state index is -0.0542. The first-order valence-corrected chi connectivity index (χ1v) is 9.06. The third-order valence-electron chi connectivity index (χ3n) is 3.42. The van der Waals surface area contributed by atoms with Crippen LogP contribution in [0.4, 0.5) is 5.69 Å². The number of aryl methyl sites for hydroxylation is 1. The van der Waals surface area contributed by atoms with Crippen molar-refractivity contribution in [3.63, 3.8) is 0 Å². The Morgan fingerprint density at radius 1 is 1.48 bits per heavy atom. The summed E-state index contributed by atoms with van der Waals surface area (Å²) in [4.78, 5) is 12.5. The maximum Gasteiger partial charge on any atom is 0.237 e. The van der Waals surface area contributed by atoms with Gasteiger partial charge in [-0.05, 0) is 49.0 Å². The molecule has 2 N–H and O–H groups in total. The maximum atomic E-state index is 12.5. The van der Waals surface area contributed by atoms with E-state index in [0.717, 1.165) is 23.0 Å². The highest BCUT2D eigenvalue weighted by molar-refractivity contribution is 8.00. The third kappa shape index (κ3) is 4.23.